The van der Waals surface area contributed by atoms with Crippen LogP contribution in [0.25, 0.3) is 0 Å². The Hall–Kier alpha value is -2.63. The molecule has 0 aliphatic rings. The zero-order chi connectivity index (χ0) is 17.5. The van der Waals surface area contributed by atoms with Crippen LogP contribution >= 0.6 is 0 Å². The average molecular weight is 328 g/mol. The second-order valence-electron chi connectivity index (χ2n) is 5.87. The first-order chi connectivity index (χ1) is 11.5. The molecule has 6 nitrogen and oxygen atoms in total. The Morgan fingerprint density at radius 3 is 2.54 bits per heavy atom. The number of hydrogen-bond acceptors (Lipinski definition) is 5. The largest absolute Gasteiger partial charge is 0.494 e. The molecule has 0 spiro atoms. The first-order valence-corrected chi connectivity index (χ1v) is 8.11. The van der Waals surface area contributed by atoms with Gasteiger partial charge in [0.1, 0.15) is 23.1 Å². The first-order valence-electron chi connectivity index (χ1n) is 8.11. The Morgan fingerprint density at radius 2 is 1.92 bits per heavy atom. The number of aryl methyl sites for hydroxylation is 1. The summed E-state index contributed by atoms with van der Waals surface area (Å²) in [5.41, 5.74) is 1.22. The minimum atomic E-state index is -0.191. The van der Waals surface area contributed by atoms with E-state index in [1.807, 2.05) is 45.0 Å². The van der Waals surface area contributed by atoms with E-state index in [9.17, 15) is 4.79 Å². The van der Waals surface area contributed by atoms with Crippen molar-refractivity contribution in [1.82, 2.24) is 15.3 Å². The SMILES string of the molecule is CCOc1ccc(Nc2cc(C(=O)NCC(C)C)nc(C)n2)cc1. The lowest BCUT2D eigenvalue weighted by molar-refractivity contribution is 0.0943. The van der Waals surface area contributed by atoms with Crippen LogP contribution in [0, 0.1) is 12.8 Å². The van der Waals surface area contributed by atoms with Gasteiger partial charge in [-0.3, -0.25) is 4.79 Å². The van der Waals surface area contributed by atoms with Gasteiger partial charge in [-0.05, 0) is 44.0 Å². The second-order valence-corrected chi connectivity index (χ2v) is 5.87. The van der Waals surface area contributed by atoms with Gasteiger partial charge in [0.15, 0.2) is 0 Å². The van der Waals surface area contributed by atoms with Crippen molar-refractivity contribution in [2.24, 2.45) is 5.92 Å². The van der Waals surface area contributed by atoms with Crippen LogP contribution in [0.4, 0.5) is 11.5 Å². The Morgan fingerprint density at radius 1 is 1.21 bits per heavy atom. The smallest absolute Gasteiger partial charge is 0.270 e. The highest BCUT2D eigenvalue weighted by Crippen LogP contribution is 2.19. The molecule has 1 amide bonds. The highest BCUT2D eigenvalue weighted by Gasteiger charge is 2.11. The van der Waals surface area contributed by atoms with Gasteiger partial charge in [-0.15, -0.1) is 0 Å². The molecule has 1 aromatic heterocycles. The third-order valence-electron chi connectivity index (χ3n) is 3.18. The Labute approximate surface area is 142 Å². The van der Waals surface area contributed by atoms with Crippen LogP contribution in [0.15, 0.2) is 30.3 Å². The number of nitrogens with one attached hydrogen (secondary N) is 2. The fourth-order valence-corrected chi connectivity index (χ4v) is 2.08. The molecule has 2 aromatic rings. The molecule has 1 aromatic carbocycles. The van der Waals surface area contributed by atoms with Gasteiger partial charge in [-0.2, -0.15) is 0 Å². The minimum Gasteiger partial charge on any atom is -0.494 e. The van der Waals surface area contributed by atoms with E-state index in [1.165, 1.54) is 0 Å². The van der Waals surface area contributed by atoms with Crippen molar-refractivity contribution in [3.8, 4) is 5.75 Å². The summed E-state index contributed by atoms with van der Waals surface area (Å²) in [5, 5.41) is 6.05. The van der Waals surface area contributed by atoms with Crippen LogP contribution in [-0.2, 0) is 0 Å². The Kier molecular flexibility index (Phi) is 6.12. The van der Waals surface area contributed by atoms with Gasteiger partial charge >= 0.3 is 0 Å². The fourth-order valence-electron chi connectivity index (χ4n) is 2.08. The van der Waals surface area contributed by atoms with E-state index >= 15 is 0 Å². The number of benzene rings is 1. The normalized spacial score (nSPS) is 10.5. The zero-order valence-corrected chi connectivity index (χ0v) is 14.6. The van der Waals surface area contributed by atoms with E-state index in [0.29, 0.717) is 36.4 Å². The molecule has 0 fully saturated rings. The molecule has 0 aliphatic carbocycles. The van der Waals surface area contributed by atoms with Gasteiger partial charge in [0, 0.05) is 18.3 Å². The number of rotatable bonds is 7. The van der Waals surface area contributed by atoms with Gasteiger partial charge in [0.05, 0.1) is 6.61 Å². The van der Waals surface area contributed by atoms with E-state index in [-0.39, 0.29) is 5.91 Å². The number of carbonyl (C=O) groups is 1. The molecule has 2 rings (SSSR count). The maximum absolute atomic E-state index is 12.2. The lowest BCUT2D eigenvalue weighted by Crippen LogP contribution is -2.28. The van der Waals surface area contributed by atoms with Gasteiger partial charge < -0.3 is 15.4 Å². The summed E-state index contributed by atoms with van der Waals surface area (Å²) in [6.07, 6.45) is 0. The predicted octanol–water partition coefficient (Wildman–Crippen LogP) is 3.31. The molecule has 0 radical (unpaired) electrons. The van der Waals surface area contributed by atoms with E-state index in [4.69, 9.17) is 4.74 Å². The molecular weight excluding hydrogens is 304 g/mol. The number of nitrogens with zero attached hydrogens (tertiary/aromatic N) is 2. The van der Waals surface area contributed by atoms with E-state index < -0.39 is 0 Å². The Balaban J connectivity index is 2.11. The van der Waals surface area contributed by atoms with Crippen LogP contribution < -0.4 is 15.4 Å². The van der Waals surface area contributed by atoms with Gasteiger partial charge in [0.2, 0.25) is 0 Å². The summed E-state index contributed by atoms with van der Waals surface area (Å²) in [5.74, 6) is 2.14. The molecule has 6 heteroatoms. The number of ether oxygens (including phenoxy) is 1. The van der Waals surface area contributed by atoms with Gasteiger partial charge in [0.25, 0.3) is 5.91 Å². The molecule has 24 heavy (non-hydrogen) atoms. The van der Waals surface area contributed by atoms with Crippen LogP contribution in [0.3, 0.4) is 0 Å². The van der Waals surface area contributed by atoms with Crippen molar-refractivity contribution >= 4 is 17.4 Å². The van der Waals surface area contributed by atoms with Crippen molar-refractivity contribution in [2.45, 2.75) is 27.7 Å². The Bertz CT molecular complexity index is 684. The number of aromatic nitrogens is 2. The minimum absolute atomic E-state index is 0.191. The first kappa shape index (κ1) is 17.7. The zero-order valence-electron chi connectivity index (χ0n) is 14.6. The van der Waals surface area contributed by atoms with Crippen molar-refractivity contribution in [3.63, 3.8) is 0 Å². The summed E-state index contributed by atoms with van der Waals surface area (Å²) >= 11 is 0. The molecule has 2 N–H and O–H groups in total. The third kappa shape index (κ3) is 5.22. The van der Waals surface area contributed by atoms with Crippen molar-refractivity contribution in [3.05, 3.63) is 41.9 Å². The summed E-state index contributed by atoms with van der Waals surface area (Å²) in [6.45, 7) is 9.05. The molecular formula is C18H24N4O2. The highest BCUT2D eigenvalue weighted by atomic mass is 16.5. The van der Waals surface area contributed by atoms with Crippen molar-refractivity contribution in [2.75, 3.05) is 18.5 Å². The number of hydrogen-bond donors (Lipinski definition) is 2. The number of anilines is 2. The molecule has 0 atom stereocenters. The van der Waals surface area contributed by atoms with E-state index in [2.05, 4.69) is 20.6 Å². The maximum Gasteiger partial charge on any atom is 0.270 e. The summed E-state index contributed by atoms with van der Waals surface area (Å²) in [4.78, 5) is 20.7. The molecule has 0 saturated carbocycles. The molecule has 0 saturated heterocycles. The van der Waals surface area contributed by atoms with E-state index in [0.717, 1.165) is 11.4 Å². The topological polar surface area (TPSA) is 76.1 Å². The lowest BCUT2D eigenvalue weighted by atomic mass is 10.2. The van der Waals surface area contributed by atoms with Gasteiger partial charge in [-0.1, -0.05) is 13.8 Å². The van der Waals surface area contributed by atoms with Crippen LogP contribution in [0.2, 0.25) is 0 Å². The summed E-state index contributed by atoms with van der Waals surface area (Å²) < 4.78 is 5.42. The third-order valence-corrected chi connectivity index (χ3v) is 3.18. The average Bonchev–Trinajstić information content (AvgIpc) is 2.54. The summed E-state index contributed by atoms with van der Waals surface area (Å²) in [6, 6.07) is 9.23. The second kappa shape index (κ2) is 8.29. The van der Waals surface area contributed by atoms with Gasteiger partial charge in [-0.25, -0.2) is 9.97 Å². The lowest BCUT2D eigenvalue weighted by Gasteiger charge is -2.11. The number of carbonyl (C=O) groups excluding carboxylic acids is 1. The molecule has 0 unspecified atom stereocenters. The monoisotopic (exact) mass is 328 g/mol. The van der Waals surface area contributed by atoms with Crippen LogP contribution in [-0.4, -0.2) is 29.0 Å². The van der Waals surface area contributed by atoms with Crippen LogP contribution in [0.1, 0.15) is 37.1 Å². The predicted molar refractivity (Wildman–Crippen MR) is 94.8 cm³/mol. The molecule has 0 aliphatic heterocycles. The standard InChI is InChI=1S/C18H24N4O2/c1-5-24-15-8-6-14(7-9-15)22-17-10-16(20-13(4)21-17)18(23)19-11-12(2)3/h6-10,12H,5,11H2,1-4H3,(H,19,23)(H,20,21,22). The van der Waals surface area contributed by atoms with Crippen molar-refractivity contribution < 1.29 is 9.53 Å². The fraction of sp³-hybridized carbons (Fsp3) is 0.389. The highest BCUT2D eigenvalue weighted by molar-refractivity contribution is 5.93. The molecule has 0 bridgehead atoms. The van der Waals surface area contributed by atoms with Crippen LogP contribution in [0.5, 0.6) is 5.75 Å². The quantitative estimate of drug-likeness (QED) is 0.815. The van der Waals surface area contributed by atoms with E-state index in [1.54, 1.807) is 13.0 Å². The number of amides is 1. The molecule has 1 heterocycles. The summed E-state index contributed by atoms with van der Waals surface area (Å²) in [7, 11) is 0. The molecule has 128 valence electrons. The van der Waals surface area contributed by atoms with Crippen molar-refractivity contribution in [1.29, 1.82) is 0 Å². The maximum atomic E-state index is 12.2.